The number of unbranched alkanes of at least 4 members (excludes halogenated alkanes) is 42. The van der Waals surface area contributed by atoms with Gasteiger partial charge in [-0.25, -0.2) is 0 Å². The SMILES string of the molecule is CCCCCCCCC(CCCCCCCC)COC(=O)CCN(CCCCN1CC2CN(CCCCN(CCC(=O)OCC(CCCCCCCC)CCCCCCCC)CCC(=O)OCC(CCCCCCCC)CCCCCCCC)CC(C1)O2)CCC(=O)OCC(CCCCCCCC)CCCCCCCC. The lowest BCUT2D eigenvalue weighted by atomic mass is 9.94. The molecule has 2 rings (SSSR count). The lowest BCUT2D eigenvalue weighted by Crippen LogP contribution is -2.59. The second kappa shape index (κ2) is 78.8. The van der Waals surface area contributed by atoms with Crippen LogP contribution in [0.2, 0.25) is 0 Å². The first-order valence-corrected chi connectivity index (χ1v) is 49.7. The first-order valence-electron chi connectivity index (χ1n) is 49.7. The molecule has 0 unspecified atom stereocenters. The Morgan fingerprint density at radius 2 is 0.432 bits per heavy atom. The van der Waals surface area contributed by atoms with E-state index in [0.717, 1.165) is 129 Å². The number of nitrogens with zero attached hydrogens (tertiary/aromatic N) is 4. The highest BCUT2D eigenvalue weighted by atomic mass is 16.5. The third kappa shape index (κ3) is 65.3. The predicted molar refractivity (Wildman–Crippen MR) is 473 cm³/mol. The minimum atomic E-state index is -0.101. The minimum Gasteiger partial charge on any atom is -0.465 e. The highest BCUT2D eigenvalue weighted by Gasteiger charge is 2.35. The van der Waals surface area contributed by atoms with E-state index in [1.807, 2.05) is 0 Å². The highest BCUT2D eigenvalue weighted by molar-refractivity contribution is 5.71. The monoisotopic (exact) mass is 1570 g/mol. The Kier molecular flexibility index (Phi) is 74.4. The molecule has 0 aromatic heterocycles. The molecular weight excluding hydrogens is 1380 g/mol. The van der Waals surface area contributed by atoms with Crippen molar-refractivity contribution in [2.45, 2.75) is 479 Å². The second-order valence-electron chi connectivity index (χ2n) is 35.6. The summed E-state index contributed by atoms with van der Waals surface area (Å²) in [5.41, 5.74) is 0. The first kappa shape index (κ1) is 105. The molecule has 0 spiro atoms. The van der Waals surface area contributed by atoms with E-state index in [4.69, 9.17) is 23.7 Å². The van der Waals surface area contributed by atoms with Crippen LogP contribution in [0.25, 0.3) is 0 Å². The van der Waals surface area contributed by atoms with Gasteiger partial charge in [0, 0.05) is 52.4 Å². The summed E-state index contributed by atoms with van der Waals surface area (Å²) in [7, 11) is 0. The van der Waals surface area contributed by atoms with E-state index in [2.05, 4.69) is 75.0 Å². The van der Waals surface area contributed by atoms with Crippen molar-refractivity contribution in [2.24, 2.45) is 23.7 Å². The zero-order chi connectivity index (χ0) is 80.2. The number of carbonyl (C=O) groups is 4. The summed E-state index contributed by atoms with van der Waals surface area (Å²) >= 11 is 0. The van der Waals surface area contributed by atoms with Gasteiger partial charge in [-0.1, -0.05) is 364 Å². The smallest absolute Gasteiger partial charge is 0.307 e. The summed E-state index contributed by atoms with van der Waals surface area (Å²) in [5.74, 6) is 1.33. The van der Waals surface area contributed by atoms with Crippen molar-refractivity contribution in [3.63, 3.8) is 0 Å². The number of carbonyl (C=O) groups excluding carboxylic acids is 4. The van der Waals surface area contributed by atoms with Crippen LogP contribution in [0.3, 0.4) is 0 Å². The van der Waals surface area contributed by atoms with Gasteiger partial charge in [0.15, 0.2) is 0 Å². The van der Waals surface area contributed by atoms with E-state index in [1.54, 1.807) is 0 Å². The highest BCUT2D eigenvalue weighted by Crippen LogP contribution is 2.27. The standard InChI is InChI=1S/C98H190N4O9/c1-9-17-25-33-41-49-61-89(62-50-42-34-26-18-10-2)85-107-95(103)69-77-99(78-70-96(104)108-86-90(63-51-43-35-27-19-11-3)64-52-44-36-28-20-12-4)73-57-59-75-101-81-93-83-102(84-94(82-101)111-93)76-60-58-74-100(79-71-97(105)109-87-91(65-53-45-37-29-21-13-5)66-54-46-38-30-22-14-6)80-72-98(106)110-88-92(67-55-47-39-31-23-15-7)68-56-48-40-32-24-16-8/h89-94H,9-88H2,1-8H3. The Bertz CT molecular complexity index is 1710. The Balaban J connectivity index is 2.11. The summed E-state index contributed by atoms with van der Waals surface area (Å²) in [4.78, 5) is 64.7. The van der Waals surface area contributed by atoms with E-state index in [-0.39, 0.29) is 36.1 Å². The molecule has 0 radical (unpaired) electrons. The molecule has 2 heterocycles. The molecule has 13 nitrogen and oxygen atoms in total. The number of hydrogen-bond donors (Lipinski definition) is 0. The van der Waals surface area contributed by atoms with Gasteiger partial charge in [-0.15, -0.1) is 0 Å². The molecule has 0 aromatic carbocycles. The number of esters is 4. The normalized spacial score (nSPS) is 14.9. The largest absolute Gasteiger partial charge is 0.465 e. The van der Waals surface area contributed by atoms with Crippen LogP contribution in [-0.4, -0.2) is 161 Å². The number of ether oxygens (including phenoxy) is 5. The fourth-order valence-electron chi connectivity index (χ4n) is 17.3. The Hall–Kier alpha value is -2.32. The van der Waals surface area contributed by atoms with Crippen LogP contribution < -0.4 is 0 Å². The number of hydrogen-bond acceptors (Lipinski definition) is 13. The summed E-state index contributed by atoms with van der Waals surface area (Å²) in [6.45, 7) is 30.2. The molecule has 0 aromatic rings. The molecule has 2 aliphatic heterocycles. The topological polar surface area (TPSA) is 127 Å². The van der Waals surface area contributed by atoms with Crippen molar-refractivity contribution >= 4 is 23.9 Å². The summed E-state index contributed by atoms with van der Waals surface area (Å²) < 4.78 is 31.3. The van der Waals surface area contributed by atoms with E-state index in [0.29, 0.717) is 102 Å². The number of morpholine rings is 2. The van der Waals surface area contributed by atoms with Crippen LogP contribution in [0, 0.1) is 23.7 Å². The van der Waals surface area contributed by atoms with Crippen LogP contribution >= 0.6 is 0 Å². The fraction of sp³-hybridized carbons (Fsp3) is 0.959. The van der Waals surface area contributed by atoms with Gasteiger partial charge in [0.05, 0.1) is 64.3 Å². The molecular formula is C98H190N4O9. The van der Waals surface area contributed by atoms with Gasteiger partial charge in [0.25, 0.3) is 0 Å². The van der Waals surface area contributed by atoms with Gasteiger partial charge in [0.2, 0.25) is 0 Å². The van der Waals surface area contributed by atoms with Gasteiger partial charge < -0.3 is 33.5 Å². The molecule has 2 fully saturated rings. The van der Waals surface area contributed by atoms with E-state index in [9.17, 15) is 19.2 Å². The maximum absolute atomic E-state index is 13.7. The summed E-state index contributed by atoms with van der Waals surface area (Å²) in [5, 5.41) is 0. The van der Waals surface area contributed by atoms with Gasteiger partial charge in [-0.05, 0) is 127 Å². The van der Waals surface area contributed by atoms with Crippen LogP contribution in [0.1, 0.15) is 466 Å². The number of fused-ring (bicyclic) bond motifs is 2. The Morgan fingerprint density at radius 1 is 0.252 bits per heavy atom. The zero-order valence-corrected chi connectivity index (χ0v) is 75.5. The minimum absolute atomic E-state index is 0.101. The lowest BCUT2D eigenvalue weighted by Gasteiger charge is -2.46. The van der Waals surface area contributed by atoms with Crippen molar-refractivity contribution in [1.82, 2.24) is 19.6 Å². The van der Waals surface area contributed by atoms with Crippen LogP contribution in [-0.2, 0) is 42.9 Å². The number of rotatable bonds is 86. The Morgan fingerprint density at radius 3 is 0.622 bits per heavy atom. The fourth-order valence-corrected chi connectivity index (χ4v) is 17.3. The van der Waals surface area contributed by atoms with Crippen molar-refractivity contribution < 1.29 is 42.9 Å². The predicted octanol–water partition coefficient (Wildman–Crippen LogP) is 26.7. The second-order valence-corrected chi connectivity index (χ2v) is 35.6. The van der Waals surface area contributed by atoms with Gasteiger partial charge in [-0.2, -0.15) is 0 Å². The van der Waals surface area contributed by atoms with Crippen molar-refractivity contribution in [3.8, 4) is 0 Å². The molecule has 2 saturated heterocycles. The molecule has 0 aliphatic carbocycles. The maximum Gasteiger partial charge on any atom is 0.307 e. The van der Waals surface area contributed by atoms with E-state index in [1.165, 1.54) is 308 Å². The third-order valence-electron chi connectivity index (χ3n) is 24.8. The van der Waals surface area contributed by atoms with Crippen LogP contribution in [0.15, 0.2) is 0 Å². The molecule has 0 atom stereocenters. The summed E-state index contributed by atoms with van der Waals surface area (Å²) in [6.07, 6.45) is 76.7. The van der Waals surface area contributed by atoms with Crippen LogP contribution in [0.5, 0.6) is 0 Å². The lowest BCUT2D eigenvalue weighted by molar-refractivity contribution is -0.147. The maximum atomic E-state index is 13.7. The third-order valence-corrected chi connectivity index (χ3v) is 24.8. The average molecular weight is 1570 g/mol. The van der Waals surface area contributed by atoms with Crippen molar-refractivity contribution in [3.05, 3.63) is 0 Å². The molecule has 0 amide bonds. The van der Waals surface area contributed by atoms with Gasteiger partial charge in [0.1, 0.15) is 0 Å². The summed E-state index contributed by atoms with van der Waals surface area (Å²) in [6, 6.07) is 0. The van der Waals surface area contributed by atoms with Crippen molar-refractivity contribution in [2.75, 3.05) is 105 Å². The van der Waals surface area contributed by atoms with Crippen LogP contribution in [0.4, 0.5) is 0 Å². The molecule has 0 N–H and O–H groups in total. The first-order chi connectivity index (χ1) is 54.5. The van der Waals surface area contributed by atoms with Gasteiger partial charge >= 0.3 is 23.9 Å². The molecule has 111 heavy (non-hydrogen) atoms. The van der Waals surface area contributed by atoms with E-state index < -0.39 is 0 Å². The average Bonchev–Trinajstić information content (AvgIpc) is 0.826. The van der Waals surface area contributed by atoms with E-state index >= 15 is 0 Å². The molecule has 13 heteroatoms. The van der Waals surface area contributed by atoms with Crippen molar-refractivity contribution in [1.29, 1.82) is 0 Å². The molecule has 2 bridgehead atoms. The Labute approximate surface area is 689 Å². The molecule has 2 aliphatic rings. The molecule has 656 valence electrons. The van der Waals surface area contributed by atoms with Gasteiger partial charge in [-0.3, -0.25) is 29.0 Å². The molecule has 0 saturated carbocycles. The zero-order valence-electron chi connectivity index (χ0n) is 75.5. The quantitative estimate of drug-likeness (QED) is 0.0326.